The molecule has 6 nitrogen and oxygen atoms in total. The fourth-order valence-electron chi connectivity index (χ4n) is 3.92. The summed E-state index contributed by atoms with van der Waals surface area (Å²) in [5.41, 5.74) is -0.147. The van der Waals surface area contributed by atoms with E-state index in [9.17, 15) is 26.4 Å². The van der Waals surface area contributed by atoms with E-state index in [1.807, 2.05) is 0 Å². The quantitative estimate of drug-likeness (QED) is 0.431. The highest BCUT2D eigenvalue weighted by atomic mass is 35.5. The van der Waals surface area contributed by atoms with Gasteiger partial charge >= 0.3 is 6.18 Å². The van der Waals surface area contributed by atoms with Gasteiger partial charge in [-0.3, -0.25) is 15.1 Å². The first-order valence-electron chi connectivity index (χ1n) is 10.5. The van der Waals surface area contributed by atoms with Gasteiger partial charge in [0.1, 0.15) is 9.84 Å². The van der Waals surface area contributed by atoms with Gasteiger partial charge in [-0.2, -0.15) is 13.2 Å². The van der Waals surface area contributed by atoms with Crippen molar-refractivity contribution in [2.24, 2.45) is 0 Å². The topological polar surface area (TPSA) is 84.5 Å². The van der Waals surface area contributed by atoms with Crippen LogP contribution in [0.15, 0.2) is 60.7 Å². The molecule has 0 saturated heterocycles. The van der Waals surface area contributed by atoms with Crippen molar-refractivity contribution in [3.05, 3.63) is 87.4 Å². The number of nitrogens with one attached hydrogen (secondary N) is 2. The monoisotopic (exact) mass is 558 g/mol. The Balaban J connectivity index is 1.78. The van der Waals surface area contributed by atoms with Crippen molar-refractivity contribution in [1.82, 2.24) is 10.8 Å². The first kappa shape index (κ1) is 26.3. The zero-order chi connectivity index (χ0) is 26.3. The third kappa shape index (κ3) is 5.17. The zero-order valence-corrected chi connectivity index (χ0v) is 20.9. The molecule has 0 fully saturated rings. The number of fused-ring (bicyclic) bond motifs is 1. The summed E-state index contributed by atoms with van der Waals surface area (Å²) < 4.78 is 65.7. The van der Waals surface area contributed by atoms with Crippen molar-refractivity contribution in [1.29, 1.82) is 0 Å². The number of alkyl halides is 3. The molecule has 0 radical (unpaired) electrons. The molecule has 4 rings (SSSR count). The number of carbonyl (C=O) groups excluding carboxylic acids is 1. The molecule has 1 heterocycles. The van der Waals surface area contributed by atoms with Gasteiger partial charge < -0.3 is 5.32 Å². The molecule has 0 saturated carbocycles. The van der Waals surface area contributed by atoms with Crippen LogP contribution in [0.3, 0.4) is 0 Å². The molecule has 2 N–H and O–H groups in total. The number of halogens is 5. The van der Waals surface area contributed by atoms with Gasteiger partial charge in [0.15, 0.2) is 0 Å². The normalized spacial score (nSPS) is 18.1. The van der Waals surface area contributed by atoms with Crippen molar-refractivity contribution in [2.45, 2.75) is 11.8 Å². The smallest absolute Gasteiger partial charge is 0.351 e. The van der Waals surface area contributed by atoms with E-state index in [4.69, 9.17) is 28.0 Å². The summed E-state index contributed by atoms with van der Waals surface area (Å²) >= 11 is 11.9. The van der Waals surface area contributed by atoms with Crippen LogP contribution in [0.25, 0.3) is 16.5 Å². The summed E-state index contributed by atoms with van der Waals surface area (Å²) in [5, 5.41) is 3.54. The van der Waals surface area contributed by atoms with Gasteiger partial charge in [0.2, 0.25) is 5.60 Å². The van der Waals surface area contributed by atoms with Crippen LogP contribution >= 0.6 is 23.2 Å². The lowest BCUT2D eigenvalue weighted by molar-refractivity contribution is -0.269. The fourth-order valence-corrected chi connectivity index (χ4v) is 4.92. The Kier molecular flexibility index (Phi) is 7.00. The molecule has 0 bridgehead atoms. The Morgan fingerprint density at radius 2 is 1.69 bits per heavy atom. The van der Waals surface area contributed by atoms with Gasteiger partial charge in [-0.1, -0.05) is 53.5 Å². The van der Waals surface area contributed by atoms with Crippen molar-refractivity contribution < 1.29 is 31.2 Å². The maximum atomic E-state index is 14.3. The number of sulfone groups is 1. The molecular formula is C24H19Cl2F3N2O4S. The van der Waals surface area contributed by atoms with Crippen LogP contribution < -0.4 is 10.8 Å². The molecule has 36 heavy (non-hydrogen) atoms. The third-order valence-corrected chi connectivity index (χ3v) is 6.98. The van der Waals surface area contributed by atoms with Crippen LogP contribution in [0.2, 0.25) is 10.0 Å². The summed E-state index contributed by atoms with van der Waals surface area (Å²) in [4.78, 5) is 17.9. The Bertz CT molecular complexity index is 1470. The molecule has 3 aromatic rings. The Hall–Kier alpha value is -2.79. The van der Waals surface area contributed by atoms with Gasteiger partial charge in [0.25, 0.3) is 5.91 Å². The molecule has 3 aromatic carbocycles. The Morgan fingerprint density at radius 1 is 1.06 bits per heavy atom. The number of hydroxylamine groups is 1. The standard InChI is InChI=1S/C24H19Cl2F3N2O4S/c1-36(33,34)9-8-30-22(32)20-7-6-19(17-4-2-3-5-18(17)20)21-13-23(35-31-21,24(27,28)29)14-10-15(25)12-16(26)11-14/h2-7,10-13,31H,8-9H2,1H3,(H,30,32). The first-order chi connectivity index (χ1) is 16.8. The Morgan fingerprint density at radius 3 is 2.31 bits per heavy atom. The molecular weight excluding hydrogens is 540 g/mol. The van der Waals surface area contributed by atoms with Crippen molar-refractivity contribution in [3.63, 3.8) is 0 Å². The van der Waals surface area contributed by atoms with Crippen LogP contribution in [-0.2, 0) is 20.3 Å². The number of carbonyl (C=O) groups is 1. The van der Waals surface area contributed by atoms with Gasteiger partial charge in [0.05, 0.1) is 11.4 Å². The van der Waals surface area contributed by atoms with E-state index in [2.05, 4.69) is 10.8 Å². The summed E-state index contributed by atoms with van der Waals surface area (Å²) in [5.74, 6) is -0.736. The van der Waals surface area contributed by atoms with E-state index in [0.717, 1.165) is 24.5 Å². The minimum absolute atomic E-state index is 0.0169. The summed E-state index contributed by atoms with van der Waals surface area (Å²) in [7, 11) is -3.27. The first-order valence-corrected chi connectivity index (χ1v) is 13.3. The second kappa shape index (κ2) is 9.59. The maximum Gasteiger partial charge on any atom is 0.428 e. The molecule has 1 aliphatic heterocycles. The second-order valence-corrected chi connectivity index (χ2v) is 11.4. The molecule has 1 atom stereocenters. The van der Waals surface area contributed by atoms with E-state index in [1.165, 1.54) is 18.2 Å². The van der Waals surface area contributed by atoms with Gasteiger partial charge in [-0.25, -0.2) is 8.42 Å². The highest BCUT2D eigenvalue weighted by Crippen LogP contribution is 2.48. The van der Waals surface area contributed by atoms with E-state index >= 15 is 0 Å². The largest absolute Gasteiger partial charge is 0.428 e. The van der Waals surface area contributed by atoms with Gasteiger partial charge in [0, 0.05) is 39.5 Å². The average molecular weight is 559 g/mol. The molecule has 1 unspecified atom stereocenters. The van der Waals surface area contributed by atoms with Crippen LogP contribution in [0.5, 0.6) is 0 Å². The minimum atomic E-state index is -4.87. The predicted octanol–water partition coefficient (Wildman–Crippen LogP) is 5.25. The molecule has 1 amide bonds. The lowest BCUT2D eigenvalue weighted by atomic mass is 9.90. The molecule has 0 aromatic heterocycles. The van der Waals surface area contributed by atoms with Crippen molar-refractivity contribution in [3.8, 4) is 0 Å². The highest BCUT2D eigenvalue weighted by molar-refractivity contribution is 7.90. The zero-order valence-electron chi connectivity index (χ0n) is 18.6. The molecule has 190 valence electrons. The van der Waals surface area contributed by atoms with Crippen molar-refractivity contribution in [2.75, 3.05) is 18.6 Å². The Labute approximate surface area is 214 Å². The SMILES string of the molecule is CS(=O)(=O)CCNC(=O)c1ccc(C2=CC(c3cc(Cl)cc(Cl)c3)(C(F)(F)F)ON2)c2ccccc12. The summed E-state index contributed by atoms with van der Waals surface area (Å²) in [6.07, 6.45) is -2.90. The van der Waals surface area contributed by atoms with E-state index < -0.39 is 27.5 Å². The van der Waals surface area contributed by atoms with Gasteiger partial charge in [-0.15, -0.1) is 0 Å². The van der Waals surface area contributed by atoms with Crippen LogP contribution in [0, 0.1) is 0 Å². The van der Waals surface area contributed by atoms with Crippen LogP contribution in [0.4, 0.5) is 13.2 Å². The van der Waals surface area contributed by atoms with E-state index in [1.54, 1.807) is 24.3 Å². The highest BCUT2D eigenvalue weighted by Gasteiger charge is 2.59. The number of benzene rings is 3. The second-order valence-electron chi connectivity index (χ2n) is 8.25. The summed E-state index contributed by atoms with van der Waals surface area (Å²) in [6, 6.07) is 13.2. The van der Waals surface area contributed by atoms with Crippen LogP contribution in [-0.4, -0.2) is 39.1 Å². The average Bonchev–Trinajstić information content (AvgIpc) is 3.23. The maximum absolute atomic E-state index is 14.3. The predicted molar refractivity (Wildman–Crippen MR) is 132 cm³/mol. The molecule has 0 aliphatic carbocycles. The number of amides is 1. The molecule has 12 heteroatoms. The van der Waals surface area contributed by atoms with E-state index in [0.29, 0.717) is 16.3 Å². The lowest BCUT2D eigenvalue weighted by Crippen LogP contribution is -2.42. The van der Waals surface area contributed by atoms with Crippen LogP contribution in [0.1, 0.15) is 21.5 Å². The number of rotatable bonds is 6. The number of hydrogen-bond donors (Lipinski definition) is 2. The lowest BCUT2D eigenvalue weighted by Gasteiger charge is -2.28. The molecule has 0 spiro atoms. The molecule has 1 aliphatic rings. The third-order valence-electron chi connectivity index (χ3n) is 5.60. The minimum Gasteiger partial charge on any atom is -0.351 e. The van der Waals surface area contributed by atoms with Crippen molar-refractivity contribution >= 4 is 55.4 Å². The van der Waals surface area contributed by atoms with E-state index in [-0.39, 0.29) is 39.2 Å². The van der Waals surface area contributed by atoms with Gasteiger partial charge in [-0.05, 0) is 41.1 Å². The fraction of sp³-hybridized carbons (Fsp3) is 0.208. The number of hydrogen-bond acceptors (Lipinski definition) is 5. The summed E-state index contributed by atoms with van der Waals surface area (Å²) in [6.45, 7) is -0.0788.